The highest BCUT2D eigenvalue weighted by Crippen LogP contribution is 2.15. The molecule has 1 heterocycles. The average Bonchev–Trinajstić information content (AvgIpc) is 2.48. The second kappa shape index (κ2) is 7.81. The highest BCUT2D eigenvalue weighted by molar-refractivity contribution is 5.85. The predicted octanol–water partition coefficient (Wildman–Crippen LogP) is 1.88. The van der Waals surface area contributed by atoms with Crippen LogP contribution in [0.1, 0.15) is 12.5 Å². The van der Waals surface area contributed by atoms with Crippen molar-refractivity contribution in [3.63, 3.8) is 0 Å². The highest BCUT2D eigenvalue weighted by Gasteiger charge is 2.17. The topological polar surface area (TPSA) is 59.0 Å². The standard InChI is InChI=1S/C16H21NO4/c1-13-12-20-9-7-17(13)8-10-21-15-4-2-3-14(11-15)5-6-16(18)19/h2-6,11,13H,7-10,12H2,1H3,(H,18,19). The number of carboxylic acid groups (broad SMARTS) is 1. The van der Waals surface area contributed by atoms with E-state index in [-0.39, 0.29) is 0 Å². The fraction of sp³-hybridized carbons (Fsp3) is 0.438. The van der Waals surface area contributed by atoms with Gasteiger partial charge in [0.1, 0.15) is 12.4 Å². The first-order valence-corrected chi connectivity index (χ1v) is 7.11. The monoisotopic (exact) mass is 291 g/mol. The Kier molecular flexibility index (Phi) is 5.78. The summed E-state index contributed by atoms with van der Waals surface area (Å²) in [5.41, 5.74) is 0.814. The average molecular weight is 291 g/mol. The van der Waals surface area contributed by atoms with E-state index in [0.717, 1.165) is 43.7 Å². The molecule has 0 saturated carbocycles. The van der Waals surface area contributed by atoms with Crippen LogP contribution in [-0.2, 0) is 9.53 Å². The zero-order chi connectivity index (χ0) is 15.1. The van der Waals surface area contributed by atoms with Crippen LogP contribution in [0.4, 0.5) is 0 Å². The summed E-state index contributed by atoms with van der Waals surface area (Å²) in [6.07, 6.45) is 2.67. The first-order chi connectivity index (χ1) is 10.1. The number of hydrogen-bond acceptors (Lipinski definition) is 4. The zero-order valence-corrected chi connectivity index (χ0v) is 12.2. The Labute approximate surface area is 124 Å². The molecule has 1 aromatic carbocycles. The van der Waals surface area contributed by atoms with Gasteiger partial charge in [0.15, 0.2) is 0 Å². The van der Waals surface area contributed by atoms with E-state index >= 15 is 0 Å². The Morgan fingerprint density at radius 1 is 1.57 bits per heavy atom. The van der Waals surface area contributed by atoms with Crippen LogP contribution in [0.2, 0.25) is 0 Å². The van der Waals surface area contributed by atoms with Gasteiger partial charge < -0.3 is 14.6 Å². The molecular weight excluding hydrogens is 270 g/mol. The van der Waals surface area contributed by atoms with Gasteiger partial charge in [0.05, 0.1) is 13.2 Å². The minimum absolute atomic E-state index is 0.423. The van der Waals surface area contributed by atoms with Crippen LogP contribution in [-0.4, -0.2) is 54.9 Å². The van der Waals surface area contributed by atoms with Gasteiger partial charge in [0.2, 0.25) is 0 Å². The Balaban J connectivity index is 1.82. The summed E-state index contributed by atoms with van der Waals surface area (Å²) in [6, 6.07) is 7.83. The van der Waals surface area contributed by atoms with Gasteiger partial charge in [-0.1, -0.05) is 12.1 Å². The van der Waals surface area contributed by atoms with E-state index in [1.165, 1.54) is 0 Å². The predicted molar refractivity (Wildman–Crippen MR) is 80.5 cm³/mol. The summed E-state index contributed by atoms with van der Waals surface area (Å²) in [5, 5.41) is 8.62. The molecule has 2 rings (SSSR count). The van der Waals surface area contributed by atoms with Crippen molar-refractivity contribution < 1.29 is 19.4 Å². The summed E-state index contributed by atoms with van der Waals surface area (Å²) < 4.78 is 11.1. The van der Waals surface area contributed by atoms with Gasteiger partial charge in [-0.25, -0.2) is 4.79 Å². The maximum absolute atomic E-state index is 10.5. The van der Waals surface area contributed by atoms with Gasteiger partial charge in [-0.15, -0.1) is 0 Å². The van der Waals surface area contributed by atoms with E-state index in [0.29, 0.717) is 12.6 Å². The van der Waals surface area contributed by atoms with Crippen LogP contribution in [0, 0.1) is 0 Å². The number of ether oxygens (including phenoxy) is 2. The number of aliphatic carboxylic acids is 1. The molecule has 0 aliphatic carbocycles. The molecule has 5 heteroatoms. The van der Waals surface area contributed by atoms with Gasteiger partial charge in [-0.2, -0.15) is 0 Å². The molecule has 1 aliphatic rings. The van der Waals surface area contributed by atoms with E-state index in [1.807, 2.05) is 24.3 Å². The molecule has 21 heavy (non-hydrogen) atoms. The maximum Gasteiger partial charge on any atom is 0.328 e. The third kappa shape index (κ3) is 5.21. The molecule has 1 atom stereocenters. The fourth-order valence-corrected chi connectivity index (χ4v) is 2.25. The number of carbonyl (C=O) groups is 1. The lowest BCUT2D eigenvalue weighted by Crippen LogP contribution is -2.45. The summed E-state index contributed by atoms with van der Waals surface area (Å²) in [7, 11) is 0. The fourth-order valence-electron chi connectivity index (χ4n) is 2.25. The molecule has 1 saturated heterocycles. The maximum atomic E-state index is 10.5. The Morgan fingerprint density at radius 2 is 2.43 bits per heavy atom. The van der Waals surface area contributed by atoms with Crippen LogP contribution < -0.4 is 4.74 Å². The SMILES string of the molecule is CC1COCCN1CCOc1cccc(C=CC(=O)O)c1. The van der Waals surface area contributed by atoms with Crippen LogP contribution in [0.15, 0.2) is 30.3 Å². The number of benzene rings is 1. The molecule has 0 aromatic heterocycles. The molecule has 0 spiro atoms. The Morgan fingerprint density at radius 3 is 3.19 bits per heavy atom. The van der Waals surface area contributed by atoms with Crippen LogP contribution >= 0.6 is 0 Å². The van der Waals surface area contributed by atoms with Crippen molar-refractivity contribution in [2.75, 3.05) is 32.9 Å². The molecule has 1 aromatic rings. The summed E-state index contributed by atoms with van der Waals surface area (Å²) >= 11 is 0. The number of rotatable bonds is 6. The van der Waals surface area contributed by atoms with Crippen LogP contribution in [0.5, 0.6) is 5.75 Å². The highest BCUT2D eigenvalue weighted by atomic mass is 16.5. The lowest BCUT2D eigenvalue weighted by molar-refractivity contribution is -0.131. The quantitative estimate of drug-likeness (QED) is 0.811. The van der Waals surface area contributed by atoms with Gasteiger partial charge in [-0.3, -0.25) is 4.90 Å². The lowest BCUT2D eigenvalue weighted by atomic mass is 10.2. The molecule has 114 valence electrons. The molecule has 1 N–H and O–H groups in total. The van der Waals surface area contributed by atoms with Crippen molar-refractivity contribution in [3.05, 3.63) is 35.9 Å². The summed E-state index contributed by atoms with van der Waals surface area (Å²) in [4.78, 5) is 12.8. The minimum atomic E-state index is -0.956. The van der Waals surface area contributed by atoms with E-state index in [9.17, 15) is 4.79 Å². The Hall–Kier alpha value is -1.85. The van der Waals surface area contributed by atoms with Gasteiger partial charge in [0.25, 0.3) is 0 Å². The zero-order valence-electron chi connectivity index (χ0n) is 12.2. The van der Waals surface area contributed by atoms with Crippen LogP contribution in [0.25, 0.3) is 6.08 Å². The molecule has 1 unspecified atom stereocenters. The molecule has 0 bridgehead atoms. The van der Waals surface area contributed by atoms with Gasteiger partial charge in [-0.05, 0) is 30.7 Å². The molecule has 1 aliphatic heterocycles. The lowest BCUT2D eigenvalue weighted by Gasteiger charge is -2.32. The van der Waals surface area contributed by atoms with Crippen molar-refractivity contribution in [1.29, 1.82) is 0 Å². The van der Waals surface area contributed by atoms with Crippen LogP contribution in [0.3, 0.4) is 0 Å². The first kappa shape index (κ1) is 15.5. The van der Waals surface area contributed by atoms with E-state index < -0.39 is 5.97 Å². The normalized spacial score (nSPS) is 19.8. The Bertz CT molecular complexity index is 501. The largest absolute Gasteiger partial charge is 0.492 e. The van der Waals surface area contributed by atoms with Crippen molar-refractivity contribution in [1.82, 2.24) is 4.90 Å². The molecule has 0 amide bonds. The van der Waals surface area contributed by atoms with Gasteiger partial charge in [0, 0.05) is 25.2 Å². The minimum Gasteiger partial charge on any atom is -0.492 e. The third-order valence-corrected chi connectivity index (χ3v) is 3.43. The number of nitrogens with zero attached hydrogens (tertiary/aromatic N) is 1. The third-order valence-electron chi connectivity index (χ3n) is 3.43. The van der Waals surface area contributed by atoms with E-state index in [4.69, 9.17) is 14.6 Å². The second-order valence-electron chi connectivity index (χ2n) is 5.05. The van der Waals surface area contributed by atoms with Gasteiger partial charge >= 0.3 is 5.97 Å². The van der Waals surface area contributed by atoms with Crippen molar-refractivity contribution >= 4 is 12.0 Å². The van der Waals surface area contributed by atoms with Crippen molar-refractivity contribution in [2.45, 2.75) is 13.0 Å². The smallest absolute Gasteiger partial charge is 0.328 e. The summed E-state index contributed by atoms with van der Waals surface area (Å²) in [5.74, 6) is -0.203. The molecular formula is C16H21NO4. The number of carboxylic acids is 1. The molecule has 5 nitrogen and oxygen atoms in total. The van der Waals surface area contributed by atoms with Crippen molar-refractivity contribution in [3.8, 4) is 5.75 Å². The molecule has 1 fully saturated rings. The van der Waals surface area contributed by atoms with E-state index in [2.05, 4.69) is 11.8 Å². The second-order valence-corrected chi connectivity index (χ2v) is 5.05. The van der Waals surface area contributed by atoms with E-state index in [1.54, 1.807) is 6.08 Å². The van der Waals surface area contributed by atoms with Crippen molar-refractivity contribution in [2.24, 2.45) is 0 Å². The first-order valence-electron chi connectivity index (χ1n) is 7.11. The number of hydrogen-bond donors (Lipinski definition) is 1. The number of morpholine rings is 1. The molecule has 0 radical (unpaired) electrons. The summed E-state index contributed by atoms with van der Waals surface area (Å²) in [6.45, 7) is 6.10.